The Kier molecular flexibility index (Phi) is 8.27. The first-order valence-electron chi connectivity index (χ1n) is 7.64. The Hall–Kier alpha value is -2.22. The van der Waals surface area contributed by atoms with Crippen molar-refractivity contribution in [1.82, 2.24) is 4.90 Å². The molecule has 1 aromatic rings. The third kappa shape index (κ3) is 7.93. The lowest BCUT2D eigenvalue weighted by Gasteiger charge is -2.17. The zero-order valence-electron chi connectivity index (χ0n) is 14.4. The van der Waals surface area contributed by atoms with Crippen LogP contribution in [0.15, 0.2) is 22.7 Å². The van der Waals surface area contributed by atoms with Crippen LogP contribution in [0.1, 0.15) is 25.3 Å². The number of ketones is 1. The molecule has 1 rings (SSSR count). The smallest absolute Gasteiger partial charge is 0.306 e. The second-order valence-corrected chi connectivity index (χ2v) is 6.54. The summed E-state index contributed by atoms with van der Waals surface area (Å²) in [5.41, 5.74) is 1.54. The van der Waals surface area contributed by atoms with E-state index < -0.39 is 18.5 Å². The van der Waals surface area contributed by atoms with Gasteiger partial charge in [-0.25, -0.2) is 0 Å². The van der Waals surface area contributed by atoms with E-state index in [1.54, 1.807) is 12.1 Å². The van der Waals surface area contributed by atoms with Crippen LogP contribution >= 0.6 is 15.9 Å². The number of amides is 2. The van der Waals surface area contributed by atoms with Gasteiger partial charge in [0.05, 0.1) is 13.0 Å². The van der Waals surface area contributed by atoms with Crippen molar-refractivity contribution in [2.45, 2.75) is 26.7 Å². The molecule has 0 fully saturated rings. The van der Waals surface area contributed by atoms with Crippen LogP contribution in [0.3, 0.4) is 0 Å². The van der Waals surface area contributed by atoms with E-state index in [1.807, 2.05) is 13.0 Å². The van der Waals surface area contributed by atoms with Gasteiger partial charge in [0.15, 0.2) is 6.61 Å². The number of nitrogens with one attached hydrogen (secondary N) is 1. The minimum Gasteiger partial charge on any atom is -0.456 e. The van der Waals surface area contributed by atoms with Gasteiger partial charge in [-0.2, -0.15) is 0 Å². The Morgan fingerprint density at radius 3 is 2.48 bits per heavy atom. The lowest BCUT2D eigenvalue weighted by molar-refractivity contribution is -0.152. The topological polar surface area (TPSA) is 92.8 Å². The van der Waals surface area contributed by atoms with Gasteiger partial charge in [0.25, 0.3) is 5.91 Å². The SMILES string of the molecule is CC(=O)CCC(=O)OCC(=O)N(C)CC(=O)Nc1ccc(Br)cc1C. The number of benzene rings is 1. The van der Waals surface area contributed by atoms with Crippen molar-refractivity contribution < 1.29 is 23.9 Å². The third-order valence-electron chi connectivity index (χ3n) is 3.31. The quantitative estimate of drug-likeness (QED) is 0.659. The summed E-state index contributed by atoms with van der Waals surface area (Å²) in [7, 11) is 1.44. The van der Waals surface area contributed by atoms with Gasteiger partial charge in [0, 0.05) is 23.6 Å². The summed E-state index contributed by atoms with van der Waals surface area (Å²) >= 11 is 3.34. The maximum atomic E-state index is 12.0. The second kappa shape index (κ2) is 9.93. The fraction of sp³-hybridized carbons (Fsp3) is 0.412. The number of halogens is 1. The third-order valence-corrected chi connectivity index (χ3v) is 3.80. The molecule has 136 valence electrons. The Labute approximate surface area is 154 Å². The number of rotatable bonds is 8. The standard InChI is InChI=1S/C17H21BrN2O5/c1-11-8-13(18)5-6-14(11)19-15(22)9-20(3)16(23)10-25-17(24)7-4-12(2)21/h5-6,8H,4,7,9-10H2,1-3H3,(H,19,22). The van der Waals surface area contributed by atoms with Crippen LogP contribution in [-0.4, -0.2) is 48.7 Å². The van der Waals surface area contributed by atoms with Gasteiger partial charge in [0.2, 0.25) is 5.91 Å². The predicted octanol–water partition coefficient (Wildman–Crippen LogP) is 2.07. The van der Waals surface area contributed by atoms with Gasteiger partial charge in [0.1, 0.15) is 5.78 Å². The summed E-state index contributed by atoms with van der Waals surface area (Å²) in [6.45, 7) is 2.60. The Morgan fingerprint density at radius 2 is 1.88 bits per heavy atom. The molecule has 0 aliphatic carbocycles. The van der Waals surface area contributed by atoms with Crippen molar-refractivity contribution in [3.05, 3.63) is 28.2 Å². The normalized spacial score (nSPS) is 10.1. The molecule has 0 aliphatic heterocycles. The number of nitrogens with zero attached hydrogens (tertiary/aromatic N) is 1. The fourth-order valence-corrected chi connectivity index (χ4v) is 2.34. The molecule has 0 aliphatic rings. The van der Waals surface area contributed by atoms with Gasteiger partial charge < -0.3 is 19.7 Å². The first kappa shape index (κ1) is 20.8. The molecule has 0 saturated heterocycles. The summed E-state index contributed by atoms with van der Waals surface area (Å²) in [4.78, 5) is 47.2. The highest BCUT2D eigenvalue weighted by molar-refractivity contribution is 9.10. The highest BCUT2D eigenvalue weighted by Gasteiger charge is 2.16. The van der Waals surface area contributed by atoms with E-state index >= 15 is 0 Å². The maximum absolute atomic E-state index is 12.0. The number of ether oxygens (including phenoxy) is 1. The number of hydrogen-bond acceptors (Lipinski definition) is 5. The molecule has 1 N–H and O–H groups in total. The van der Waals surface area contributed by atoms with E-state index in [0.29, 0.717) is 5.69 Å². The minimum absolute atomic E-state index is 0.0599. The zero-order valence-corrected chi connectivity index (χ0v) is 16.0. The van der Waals surface area contributed by atoms with Crippen molar-refractivity contribution in [2.24, 2.45) is 0 Å². The van der Waals surface area contributed by atoms with Crippen LogP contribution in [0.5, 0.6) is 0 Å². The molecular formula is C17H21BrN2O5. The van der Waals surface area contributed by atoms with Crippen LogP contribution in [0, 0.1) is 6.92 Å². The molecule has 8 heteroatoms. The number of Topliss-reactive ketones (excluding diaryl/α,β-unsaturated/α-hetero) is 1. The molecule has 0 bridgehead atoms. The van der Waals surface area contributed by atoms with E-state index in [4.69, 9.17) is 4.74 Å². The van der Waals surface area contributed by atoms with E-state index in [2.05, 4.69) is 21.2 Å². The molecular weight excluding hydrogens is 392 g/mol. The van der Waals surface area contributed by atoms with Crippen molar-refractivity contribution in [2.75, 3.05) is 25.5 Å². The average molecular weight is 413 g/mol. The molecule has 0 aromatic heterocycles. The Bertz CT molecular complexity index is 675. The number of esters is 1. The van der Waals surface area contributed by atoms with Gasteiger partial charge in [-0.1, -0.05) is 15.9 Å². The summed E-state index contributed by atoms with van der Waals surface area (Å²) in [6.07, 6.45) is 0.0213. The molecule has 0 heterocycles. The van der Waals surface area contributed by atoms with Crippen molar-refractivity contribution in [1.29, 1.82) is 0 Å². The van der Waals surface area contributed by atoms with Gasteiger partial charge >= 0.3 is 5.97 Å². The molecule has 25 heavy (non-hydrogen) atoms. The molecule has 0 atom stereocenters. The summed E-state index contributed by atoms with van der Waals surface area (Å²) in [5, 5.41) is 2.72. The van der Waals surface area contributed by atoms with Gasteiger partial charge in [-0.15, -0.1) is 0 Å². The molecule has 0 radical (unpaired) electrons. The summed E-state index contributed by atoms with van der Waals surface area (Å²) in [5.74, 6) is -1.60. The van der Waals surface area contributed by atoms with E-state index in [9.17, 15) is 19.2 Å². The first-order chi connectivity index (χ1) is 11.7. The zero-order chi connectivity index (χ0) is 19.0. The van der Waals surface area contributed by atoms with Crippen LogP contribution in [-0.2, 0) is 23.9 Å². The summed E-state index contributed by atoms with van der Waals surface area (Å²) < 4.78 is 5.69. The molecule has 1 aromatic carbocycles. The number of carbonyl (C=O) groups is 4. The molecule has 0 spiro atoms. The van der Waals surface area contributed by atoms with Crippen LogP contribution in [0.25, 0.3) is 0 Å². The number of carbonyl (C=O) groups excluding carboxylic acids is 4. The van der Waals surface area contributed by atoms with Gasteiger partial charge in [-0.3, -0.25) is 14.4 Å². The van der Waals surface area contributed by atoms with Crippen LogP contribution in [0.2, 0.25) is 0 Å². The van der Waals surface area contributed by atoms with Crippen molar-refractivity contribution in [3.63, 3.8) is 0 Å². The van der Waals surface area contributed by atoms with Crippen LogP contribution in [0.4, 0.5) is 5.69 Å². The highest BCUT2D eigenvalue weighted by Crippen LogP contribution is 2.19. The lowest BCUT2D eigenvalue weighted by atomic mass is 10.2. The van der Waals surface area contributed by atoms with Crippen LogP contribution < -0.4 is 5.32 Å². The fourth-order valence-electron chi connectivity index (χ4n) is 1.86. The molecule has 7 nitrogen and oxygen atoms in total. The Balaban J connectivity index is 2.42. The summed E-state index contributed by atoms with van der Waals surface area (Å²) in [6, 6.07) is 5.43. The van der Waals surface area contributed by atoms with E-state index in [1.165, 1.54) is 18.9 Å². The second-order valence-electron chi connectivity index (χ2n) is 5.62. The number of likely N-dealkylation sites (N-methyl/N-ethyl adjacent to an activating group) is 1. The molecule has 2 amide bonds. The first-order valence-corrected chi connectivity index (χ1v) is 8.43. The largest absolute Gasteiger partial charge is 0.456 e. The van der Waals surface area contributed by atoms with Crippen molar-refractivity contribution in [3.8, 4) is 0 Å². The highest BCUT2D eigenvalue weighted by atomic mass is 79.9. The van der Waals surface area contributed by atoms with Gasteiger partial charge in [-0.05, 0) is 37.6 Å². The average Bonchev–Trinajstić information content (AvgIpc) is 2.53. The maximum Gasteiger partial charge on any atom is 0.306 e. The van der Waals surface area contributed by atoms with E-state index in [-0.39, 0.29) is 31.1 Å². The predicted molar refractivity (Wildman–Crippen MR) is 96.0 cm³/mol. The Morgan fingerprint density at radius 1 is 1.20 bits per heavy atom. The minimum atomic E-state index is -0.619. The number of anilines is 1. The van der Waals surface area contributed by atoms with E-state index in [0.717, 1.165) is 10.0 Å². The van der Waals surface area contributed by atoms with Crippen molar-refractivity contribution >= 4 is 45.2 Å². The number of aryl methyl sites for hydroxylation is 1. The monoisotopic (exact) mass is 412 g/mol. The molecule has 0 saturated carbocycles. The number of hydrogen-bond donors (Lipinski definition) is 1. The molecule has 0 unspecified atom stereocenters. The lowest BCUT2D eigenvalue weighted by Crippen LogP contribution is -2.37.